The second-order valence-electron chi connectivity index (χ2n) is 4.98. The van der Waals surface area contributed by atoms with Crippen molar-refractivity contribution in [3.63, 3.8) is 0 Å². The summed E-state index contributed by atoms with van der Waals surface area (Å²) in [5, 5.41) is 4.20. The SMILES string of the molecule is O=C(NS(=O)(=O)c1ccccc1Br)c1cc(-n2cccn2)ccc1Cl. The van der Waals surface area contributed by atoms with Crippen molar-refractivity contribution in [1.29, 1.82) is 0 Å². The third-order valence-electron chi connectivity index (χ3n) is 3.32. The number of sulfonamides is 1. The molecule has 0 aliphatic rings. The first-order valence-corrected chi connectivity index (χ1v) is 9.65. The summed E-state index contributed by atoms with van der Waals surface area (Å²) >= 11 is 9.23. The molecule has 25 heavy (non-hydrogen) atoms. The number of amides is 1. The molecule has 0 aliphatic carbocycles. The van der Waals surface area contributed by atoms with Gasteiger partial charge >= 0.3 is 0 Å². The number of carbonyl (C=O) groups is 1. The van der Waals surface area contributed by atoms with Crippen LogP contribution in [0.4, 0.5) is 0 Å². The van der Waals surface area contributed by atoms with Crippen molar-refractivity contribution in [2.24, 2.45) is 0 Å². The first-order chi connectivity index (χ1) is 11.9. The predicted octanol–water partition coefficient (Wildman–Crippen LogP) is 3.41. The van der Waals surface area contributed by atoms with Gasteiger partial charge in [0.25, 0.3) is 15.9 Å². The van der Waals surface area contributed by atoms with E-state index in [-0.39, 0.29) is 15.5 Å². The Morgan fingerprint density at radius 2 is 1.92 bits per heavy atom. The van der Waals surface area contributed by atoms with Crippen LogP contribution in [0, 0.1) is 0 Å². The van der Waals surface area contributed by atoms with Crippen LogP contribution < -0.4 is 4.72 Å². The topological polar surface area (TPSA) is 81.1 Å². The smallest absolute Gasteiger partial charge is 0.266 e. The molecule has 0 aliphatic heterocycles. The van der Waals surface area contributed by atoms with Gasteiger partial charge in [0.2, 0.25) is 0 Å². The highest BCUT2D eigenvalue weighted by atomic mass is 79.9. The van der Waals surface area contributed by atoms with E-state index in [2.05, 4.69) is 21.0 Å². The first kappa shape index (κ1) is 17.7. The molecule has 3 rings (SSSR count). The zero-order valence-corrected chi connectivity index (χ0v) is 15.7. The second-order valence-corrected chi connectivity index (χ2v) is 7.89. The van der Waals surface area contributed by atoms with Crippen LogP contribution in [-0.4, -0.2) is 24.1 Å². The van der Waals surface area contributed by atoms with E-state index in [1.807, 2.05) is 4.72 Å². The Labute approximate surface area is 157 Å². The van der Waals surface area contributed by atoms with Gasteiger partial charge in [-0.1, -0.05) is 23.7 Å². The minimum atomic E-state index is -4.05. The number of hydrogen-bond donors (Lipinski definition) is 1. The van der Waals surface area contributed by atoms with Crippen molar-refractivity contribution in [1.82, 2.24) is 14.5 Å². The maximum atomic E-state index is 12.5. The van der Waals surface area contributed by atoms with Crippen LogP contribution >= 0.6 is 27.5 Å². The van der Waals surface area contributed by atoms with Gasteiger partial charge in [-0.05, 0) is 52.3 Å². The van der Waals surface area contributed by atoms with E-state index in [4.69, 9.17) is 11.6 Å². The van der Waals surface area contributed by atoms with Crippen LogP contribution in [0.15, 0.2) is 70.3 Å². The molecule has 6 nitrogen and oxygen atoms in total. The standard InChI is InChI=1S/C16H11BrClN3O3S/c17-13-4-1-2-5-15(13)25(23,24)20-16(22)12-10-11(6-7-14(12)18)21-9-3-8-19-21/h1-10H,(H,20,22). The lowest BCUT2D eigenvalue weighted by atomic mass is 10.2. The first-order valence-electron chi connectivity index (χ1n) is 7.00. The summed E-state index contributed by atoms with van der Waals surface area (Å²) in [7, 11) is -4.05. The van der Waals surface area contributed by atoms with Gasteiger partial charge in [-0.25, -0.2) is 17.8 Å². The van der Waals surface area contributed by atoms with Gasteiger partial charge in [0.15, 0.2) is 0 Å². The molecule has 0 saturated heterocycles. The minimum absolute atomic E-state index is 0.0327. The summed E-state index contributed by atoms with van der Waals surface area (Å²) in [6, 6.07) is 12.6. The fourth-order valence-corrected chi connectivity index (χ4v) is 4.32. The Bertz CT molecular complexity index is 1040. The van der Waals surface area contributed by atoms with E-state index in [0.717, 1.165) is 0 Å². The maximum Gasteiger partial charge on any atom is 0.266 e. The predicted molar refractivity (Wildman–Crippen MR) is 97.4 cm³/mol. The van der Waals surface area contributed by atoms with Gasteiger partial charge in [-0.3, -0.25) is 4.79 Å². The lowest BCUT2D eigenvalue weighted by Gasteiger charge is -2.10. The van der Waals surface area contributed by atoms with E-state index in [1.165, 1.54) is 22.9 Å². The maximum absolute atomic E-state index is 12.5. The van der Waals surface area contributed by atoms with Crippen molar-refractivity contribution in [3.05, 3.63) is 76.0 Å². The van der Waals surface area contributed by atoms with Gasteiger partial charge in [-0.15, -0.1) is 0 Å². The van der Waals surface area contributed by atoms with Crippen LogP contribution in [0.3, 0.4) is 0 Å². The van der Waals surface area contributed by atoms with E-state index in [1.54, 1.807) is 42.7 Å². The normalized spacial score (nSPS) is 11.3. The van der Waals surface area contributed by atoms with Gasteiger partial charge < -0.3 is 0 Å². The van der Waals surface area contributed by atoms with Crippen molar-refractivity contribution in [2.75, 3.05) is 0 Å². The minimum Gasteiger partial charge on any atom is -0.268 e. The molecular formula is C16H11BrClN3O3S. The van der Waals surface area contributed by atoms with Crippen LogP contribution in [0.25, 0.3) is 5.69 Å². The lowest BCUT2D eigenvalue weighted by Crippen LogP contribution is -2.31. The van der Waals surface area contributed by atoms with Crippen LogP contribution in [0.2, 0.25) is 5.02 Å². The molecule has 0 saturated carbocycles. The van der Waals surface area contributed by atoms with Gasteiger partial charge in [0.05, 0.1) is 16.3 Å². The van der Waals surface area contributed by atoms with Crippen LogP contribution in [0.5, 0.6) is 0 Å². The summed E-state index contributed by atoms with van der Waals surface area (Å²) in [5.74, 6) is -0.824. The fourth-order valence-electron chi connectivity index (χ4n) is 2.15. The molecule has 3 aromatic rings. The van der Waals surface area contributed by atoms with Crippen LogP contribution in [-0.2, 0) is 10.0 Å². The summed E-state index contributed by atoms with van der Waals surface area (Å²) in [4.78, 5) is 12.4. The van der Waals surface area contributed by atoms with Crippen molar-refractivity contribution in [3.8, 4) is 5.69 Å². The number of hydrogen-bond acceptors (Lipinski definition) is 4. The third kappa shape index (κ3) is 3.76. The summed E-state index contributed by atoms with van der Waals surface area (Å²) in [5.41, 5.74) is 0.614. The molecule has 1 N–H and O–H groups in total. The number of aromatic nitrogens is 2. The molecule has 1 aromatic heterocycles. The van der Waals surface area contributed by atoms with Crippen molar-refractivity contribution in [2.45, 2.75) is 4.90 Å². The molecule has 1 amide bonds. The molecule has 0 fully saturated rings. The lowest BCUT2D eigenvalue weighted by molar-refractivity contribution is 0.0981. The summed E-state index contributed by atoms with van der Waals surface area (Å²) < 4.78 is 28.8. The molecule has 0 spiro atoms. The van der Waals surface area contributed by atoms with Crippen molar-refractivity contribution >= 4 is 43.5 Å². The number of benzene rings is 2. The zero-order valence-electron chi connectivity index (χ0n) is 12.6. The van der Waals surface area contributed by atoms with Crippen LogP contribution in [0.1, 0.15) is 10.4 Å². The highest BCUT2D eigenvalue weighted by molar-refractivity contribution is 9.10. The van der Waals surface area contributed by atoms with E-state index < -0.39 is 15.9 Å². The molecular weight excluding hydrogens is 430 g/mol. The number of rotatable bonds is 4. The molecule has 9 heteroatoms. The van der Waals surface area contributed by atoms with Crippen molar-refractivity contribution < 1.29 is 13.2 Å². The van der Waals surface area contributed by atoms with Gasteiger partial charge in [0, 0.05) is 16.9 Å². The third-order valence-corrected chi connectivity index (χ3v) is 5.99. The quantitative estimate of drug-likeness (QED) is 0.674. The van der Waals surface area contributed by atoms with E-state index >= 15 is 0 Å². The average molecular weight is 441 g/mol. The Kier molecular flexibility index (Phi) is 4.94. The zero-order chi connectivity index (χ0) is 18.0. The molecule has 128 valence electrons. The van der Waals surface area contributed by atoms with Gasteiger partial charge in [-0.2, -0.15) is 5.10 Å². The van der Waals surface area contributed by atoms with Gasteiger partial charge in [0.1, 0.15) is 4.90 Å². The highest BCUT2D eigenvalue weighted by Gasteiger charge is 2.22. The summed E-state index contributed by atoms with van der Waals surface area (Å²) in [6.07, 6.45) is 3.29. The fraction of sp³-hybridized carbons (Fsp3) is 0. The molecule has 0 bridgehead atoms. The average Bonchev–Trinajstić information content (AvgIpc) is 3.09. The molecule has 1 heterocycles. The summed E-state index contributed by atoms with van der Waals surface area (Å²) in [6.45, 7) is 0. The second kappa shape index (κ2) is 6.99. The number of nitrogens with zero attached hydrogens (tertiary/aromatic N) is 2. The molecule has 0 unspecified atom stereocenters. The Balaban J connectivity index is 1.94. The monoisotopic (exact) mass is 439 g/mol. The largest absolute Gasteiger partial charge is 0.268 e. The molecule has 0 radical (unpaired) electrons. The van der Waals surface area contributed by atoms with E-state index in [9.17, 15) is 13.2 Å². The number of halogens is 2. The number of carbonyl (C=O) groups excluding carboxylic acids is 1. The highest BCUT2D eigenvalue weighted by Crippen LogP contribution is 2.23. The Morgan fingerprint density at radius 3 is 2.60 bits per heavy atom. The Hall–Kier alpha value is -2.16. The van der Waals surface area contributed by atoms with E-state index in [0.29, 0.717) is 10.2 Å². The Morgan fingerprint density at radius 1 is 1.16 bits per heavy atom. The number of nitrogens with one attached hydrogen (secondary N) is 1. The molecule has 0 atom stereocenters. The molecule has 2 aromatic carbocycles.